The van der Waals surface area contributed by atoms with Crippen molar-refractivity contribution in [1.82, 2.24) is 0 Å². The molecule has 0 N–H and O–H groups in total. The van der Waals surface area contributed by atoms with Crippen molar-refractivity contribution in [3.05, 3.63) is 89.5 Å². The van der Waals surface area contributed by atoms with E-state index >= 15 is 0 Å². The predicted octanol–water partition coefficient (Wildman–Crippen LogP) is 8.90. The quantitative estimate of drug-likeness (QED) is 0.0737. The topological polar surface area (TPSA) is 48.7 Å². The molecule has 0 fully saturated rings. The van der Waals surface area contributed by atoms with Gasteiger partial charge in [0.1, 0.15) is 17.8 Å². The van der Waals surface area contributed by atoms with Gasteiger partial charge in [0.2, 0.25) is 0 Å². The minimum absolute atomic E-state index is 0.508. The Kier molecular flexibility index (Phi) is 15.5. The van der Waals surface area contributed by atoms with E-state index in [9.17, 15) is 5.26 Å². The van der Waals surface area contributed by atoms with Gasteiger partial charge in [-0.1, -0.05) is 87.8 Å². The lowest BCUT2D eigenvalue weighted by Gasteiger charge is -2.30. The third-order valence-corrected chi connectivity index (χ3v) is 8.60. The van der Waals surface area contributed by atoms with E-state index in [2.05, 4.69) is 77.0 Å². The number of anilines is 2. The lowest BCUT2D eigenvalue weighted by atomic mass is 9.70. The molecule has 5 nitrogen and oxygen atoms in total. The van der Waals surface area contributed by atoms with Crippen LogP contribution in [0.3, 0.4) is 0 Å². The molecule has 44 heavy (non-hydrogen) atoms. The number of benzene rings is 3. The monoisotopic (exact) mass is 615 g/mol. The molecular formula is C38H53N3O2S. The molecule has 0 spiro atoms. The zero-order chi connectivity index (χ0) is 31.6. The molecule has 0 aliphatic rings. The predicted molar refractivity (Wildman–Crippen MR) is 190 cm³/mol. The number of rotatable bonds is 21. The number of hydrogen-bond donors (Lipinski definition) is 1. The van der Waals surface area contributed by atoms with E-state index in [1.807, 2.05) is 52.5 Å². The van der Waals surface area contributed by atoms with Crippen molar-refractivity contribution in [2.75, 3.05) is 63.6 Å². The summed E-state index contributed by atoms with van der Waals surface area (Å²) in [5, 5.41) is 10.8. The highest BCUT2D eigenvalue weighted by atomic mass is 32.1. The summed E-state index contributed by atoms with van der Waals surface area (Å²) in [5.74, 6) is 1.80. The number of nitrogens with zero attached hydrogens (tertiary/aromatic N) is 3. The van der Waals surface area contributed by atoms with Gasteiger partial charge < -0.3 is 19.3 Å². The average molecular weight is 616 g/mol. The maximum Gasteiger partial charge on any atom is 0.132 e. The highest BCUT2D eigenvalue weighted by molar-refractivity contribution is 7.80. The van der Waals surface area contributed by atoms with Crippen LogP contribution in [0.5, 0.6) is 5.75 Å². The van der Waals surface area contributed by atoms with Crippen LogP contribution < -0.4 is 14.5 Å². The molecule has 6 heteroatoms. The van der Waals surface area contributed by atoms with Crippen molar-refractivity contribution in [2.45, 2.75) is 69.6 Å². The molecule has 0 saturated carbocycles. The SMILES string of the molecule is CN(C)c1ccc(C(C#N)(c2ccc(OCCOCCCCCCCCCCCCS)cc2)c2ccc(N(C)C)cc2)cc1. The number of unbranched alkanes of at least 4 members (excludes halogenated alkanes) is 9. The number of nitriles is 1. The minimum atomic E-state index is -0.955. The minimum Gasteiger partial charge on any atom is -0.491 e. The van der Waals surface area contributed by atoms with Crippen LogP contribution in [0.25, 0.3) is 0 Å². The van der Waals surface area contributed by atoms with Gasteiger partial charge >= 0.3 is 0 Å². The molecule has 0 atom stereocenters. The lowest BCUT2D eigenvalue weighted by molar-refractivity contribution is 0.0970. The highest BCUT2D eigenvalue weighted by Gasteiger charge is 2.37. The van der Waals surface area contributed by atoms with Crippen molar-refractivity contribution in [3.8, 4) is 11.8 Å². The molecule has 3 rings (SSSR count). The van der Waals surface area contributed by atoms with Crippen LogP contribution in [0.15, 0.2) is 72.8 Å². The van der Waals surface area contributed by atoms with Crippen LogP contribution in [0.4, 0.5) is 11.4 Å². The summed E-state index contributed by atoms with van der Waals surface area (Å²) >= 11 is 4.28. The molecule has 0 bridgehead atoms. The Bertz CT molecular complexity index is 1180. The fraction of sp³-hybridized carbons (Fsp3) is 0.500. The van der Waals surface area contributed by atoms with Crippen LogP contribution in [0.1, 0.15) is 80.9 Å². The molecule has 0 unspecified atom stereocenters. The van der Waals surface area contributed by atoms with Crippen molar-refractivity contribution in [2.24, 2.45) is 0 Å². The summed E-state index contributed by atoms with van der Waals surface area (Å²) in [4.78, 5) is 4.13. The normalized spacial score (nSPS) is 11.3. The average Bonchev–Trinajstić information content (AvgIpc) is 3.04. The second-order valence-corrected chi connectivity index (χ2v) is 12.4. The second kappa shape index (κ2) is 19.3. The summed E-state index contributed by atoms with van der Waals surface area (Å²) in [6, 6.07) is 27.2. The largest absolute Gasteiger partial charge is 0.491 e. The summed E-state index contributed by atoms with van der Waals surface area (Å²) in [5.41, 5.74) is 4.01. The number of ether oxygens (including phenoxy) is 2. The van der Waals surface area contributed by atoms with E-state index < -0.39 is 5.41 Å². The first kappa shape index (κ1) is 35.3. The Balaban J connectivity index is 1.52. The van der Waals surface area contributed by atoms with Crippen LogP contribution in [0.2, 0.25) is 0 Å². The van der Waals surface area contributed by atoms with Gasteiger partial charge in [-0.05, 0) is 71.7 Å². The molecule has 3 aromatic carbocycles. The number of thiol groups is 1. The van der Waals surface area contributed by atoms with E-state index in [0.717, 1.165) is 52.6 Å². The zero-order valence-corrected chi connectivity index (χ0v) is 28.3. The summed E-state index contributed by atoms with van der Waals surface area (Å²) < 4.78 is 11.8. The fourth-order valence-corrected chi connectivity index (χ4v) is 5.79. The van der Waals surface area contributed by atoms with E-state index in [0.29, 0.717) is 13.2 Å². The smallest absolute Gasteiger partial charge is 0.132 e. The van der Waals surface area contributed by atoms with Crippen molar-refractivity contribution >= 4 is 24.0 Å². The highest BCUT2D eigenvalue weighted by Crippen LogP contribution is 2.40. The molecule has 0 saturated heterocycles. The Labute approximate surface area is 272 Å². The molecule has 3 aromatic rings. The molecule has 0 heterocycles. The van der Waals surface area contributed by atoms with E-state index in [-0.39, 0.29) is 0 Å². The van der Waals surface area contributed by atoms with Gasteiger partial charge in [-0.2, -0.15) is 17.9 Å². The Morgan fingerprint density at radius 2 is 0.977 bits per heavy atom. The van der Waals surface area contributed by atoms with Crippen LogP contribution in [0, 0.1) is 11.3 Å². The van der Waals surface area contributed by atoms with E-state index in [1.54, 1.807) is 0 Å². The first-order valence-electron chi connectivity index (χ1n) is 16.3. The first-order chi connectivity index (χ1) is 21.4. The maximum atomic E-state index is 10.8. The Morgan fingerprint density at radius 1 is 0.568 bits per heavy atom. The molecule has 0 aliphatic heterocycles. The Hall–Kier alpha value is -3.14. The lowest BCUT2D eigenvalue weighted by Crippen LogP contribution is -2.27. The molecular weight excluding hydrogens is 563 g/mol. The molecule has 238 valence electrons. The van der Waals surface area contributed by atoms with Crippen LogP contribution in [-0.2, 0) is 10.2 Å². The first-order valence-corrected chi connectivity index (χ1v) is 16.9. The summed E-state index contributed by atoms with van der Waals surface area (Å²) in [6.07, 6.45) is 13.0. The second-order valence-electron chi connectivity index (χ2n) is 12.0. The van der Waals surface area contributed by atoms with Gasteiger partial charge in [0.15, 0.2) is 0 Å². The van der Waals surface area contributed by atoms with Crippen molar-refractivity contribution in [1.29, 1.82) is 5.26 Å². The van der Waals surface area contributed by atoms with Gasteiger partial charge in [0.05, 0.1) is 12.7 Å². The molecule has 0 radical (unpaired) electrons. The van der Waals surface area contributed by atoms with Crippen LogP contribution >= 0.6 is 12.6 Å². The van der Waals surface area contributed by atoms with Gasteiger partial charge in [0.25, 0.3) is 0 Å². The van der Waals surface area contributed by atoms with E-state index in [1.165, 1.54) is 57.8 Å². The zero-order valence-electron chi connectivity index (χ0n) is 27.4. The van der Waals surface area contributed by atoms with E-state index in [4.69, 9.17) is 9.47 Å². The van der Waals surface area contributed by atoms with Crippen molar-refractivity contribution in [3.63, 3.8) is 0 Å². The number of hydrogen-bond acceptors (Lipinski definition) is 6. The Morgan fingerprint density at radius 3 is 1.39 bits per heavy atom. The standard InChI is InChI=1S/C38H53N3O2S/c1-40(2)35-21-15-32(16-22-35)38(31-39,33-17-23-36(24-18-33)41(3)4)34-19-25-37(26-20-34)43-29-28-42-27-13-11-9-7-5-6-8-10-12-14-30-44/h15-26,44H,5-14,27-30H2,1-4H3. The van der Waals surface area contributed by atoms with Gasteiger partial charge in [-0.3, -0.25) is 0 Å². The van der Waals surface area contributed by atoms with Crippen LogP contribution in [-0.4, -0.2) is 53.8 Å². The molecule has 0 amide bonds. The van der Waals surface area contributed by atoms with Gasteiger partial charge in [0, 0.05) is 46.2 Å². The molecule has 0 aromatic heterocycles. The maximum absolute atomic E-state index is 10.8. The third-order valence-electron chi connectivity index (χ3n) is 8.28. The fourth-order valence-electron chi connectivity index (χ4n) is 5.56. The molecule has 0 aliphatic carbocycles. The van der Waals surface area contributed by atoms with Crippen molar-refractivity contribution < 1.29 is 9.47 Å². The third kappa shape index (κ3) is 10.5. The summed E-state index contributed by atoms with van der Waals surface area (Å²) in [6.45, 7) is 1.87. The summed E-state index contributed by atoms with van der Waals surface area (Å²) in [7, 11) is 8.09. The van der Waals surface area contributed by atoms with Gasteiger partial charge in [-0.15, -0.1) is 0 Å². The van der Waals surface area contributed by atoms with Gasteiger partial charge in [-0.25, -0.2) is 0 Å².